The van der Waals surface area contributed by atoms with E-state index in [2.05, 4.69) is 0 Å². The maximum atomic E-state index is 11.3. The van der Waals surface area contributed by atoms with E-state index >= 15 is 0 Å². The fourth-order valence-electron chi connectivity index (χ4n) is 1.61. The van der Waals surface area contributed by atoms with Gasteiger partial charge in [-0.15, -0.1) is 0 Å². The largest absolute Gasteiger partial charge is 1.00 e. The summed E-state index contributed by atoms with van der Waals surface area (Å²) >= 11 is 0. The summed E-state index contributed by atoms with van der Waals surface area (Å²) in [5.74, 6) is -0.109. The van der Waals surface area contributed by atoms with E-state index in [1.807, 2.05) is 30.3 Å². The molecule has 0 aliphatic rings. The van der Waals surface area contributed by atoms with Gasteiger partial charge in [0.2, 0.25) is 12.1 Å². The maximum Gasteiger partial charge on any atom is 1.00 e. The van der Waals surface area contributed by atoms with Crippen LogP contribution < -0.4 is 34.3 Å². The van der Waals surface area contributed by atoms with Gasteiger partial charge in [0.05, 0.1) is 0 Å². The van der Waals surface area contributed by atoms with Crippen molar-refractivity contribution < 1.29 is 50.7 Å². The van der Waals surface area contributed by atoms with E-state index in [0.717, 1.165) is 5.56 Å². The standard InChI is InChI=1S/C15H14O4.Na.H/c16-14(15(17)18)12-6-8-13(9-7-12)19-10-11-4-2-1-3-5-11;;/h1-9,15,17-18H,10H2;;/q;+1;-1. The predicted molar refractivity (Wildman–Crippen MR) is 70.9 cm³/mol. The Bertz CT molecular complexity index is 543. The van der Waals surface area contributed by atoms with Crippen LogP contribution in [-0.4, -0.2) is 22.3 Å². The first-order valence-corrected chi connectivity index (χ1v) is 5.84. The molecule has 0 bridgehead atoms. The Balaban J connectivity index is 0.00000200. The van der Waals surface area contributed by atoms with Crippen molar-refractivity contribution in [3.8, 4) is 5.75 Å². The molecule has 0 atom stereocenters. The number of aliphatic hydroxyl groups excluding tert-OH is 1. The molecular weight excluding hydrogens is 267 g/mol. The number of benzene rings is 2. The number of hydrogen-bond donors (Lipinski definition) is 2. The Morgan fingerprint density at radius 1 is 1.05 bits per heavy atom. The minimum atomic E-state index is -1.98. The molecule has 5 heteroatoms. The van der Waals surface area contributed by atoms with Crippen LogP contribution in [0.15, 0.2) is 54.6 Å². The van der Waals surface area contributed by atoms with E-state index in [0.29, 0.717) is 12.4 Å². The monoisotopic (exact) mass is 282 g/mol. The summed E-state index contributed by atoms with van der Waals surface area (Å²) in [5.41, 5.74) is 1.29. The number of Topliss-reactive ketones (excluding diaryl/α,β-unsaturated/α-hetero) is 1. The van der Waals surface area contributed by atoms with Gasteiger partial charge in [0, 0.05) is 5.56 Å². The van der Waals surface area contributed by atoms with Crippen molar-refractivity contribution in [3.05, 3.63) is 65.7 Å². The van der Waals surface area contributed by atoms with Crippen LogP contribution in [0.5, 0.6) is 5.75 Å². The van der Waals surface area contributed by atoms with Gasteiger partial charge >= 0.3 is 29.6 Å². The average molecular weight is 282 g/mol. The number of hydrogen-bond acceptors (Lipinski definition) is 4. The van der Waals surface area contributed by atoms with E-state index in [-0.39, 0.29) is 36.5 Å². The summed E-state index contributed by atoms with van der Waals surface area (Å²) in [6.45, 7) is 0.441. The van der Waals surface area contributed by atoms with Crippen LogP contribution >= 0.6 is 0 Å². The molecule has 0 spiro atoms. The topological polar surface area (TPSA) is 66.8 Å². The van der Waals surface area contributed by atoms with Gasteiger partial charge in [0.15, 0.2) is 0 Å². The van der Waals surface area contributed by atoms with Crippen LogP contribution in [0.4, 0.5) is 0 Å². The van der Waals surface area contributed by atoms with Gasteiger partial charge in [-0.25, -0.2) is 0 Å². The average Bonchev–Trinajstić information content (AvgIpc) is 2.46. The van der Waals surface area contributed by atoms with E-state index in [4.69, 9.17) is 14.9 Å². The second-order valence-electron chi connectivity index (χ2n) is 4.04. The van der Waals surface area contributed by atoms with Gasteiger partial charge in [-0.2, -0.15) is 0 Å². The van der Waals surface area contributed by atoms with Crippen LogP contribution in [0, 0.1) is 0 Å². The molecule has 0 aromatic heterocycles. The quantitative estimate of drug-likeness (QED) is 0.414. The summed E-state index contributed by atoms with van der Waals surface area (Å²) in [6.07, 6.45) is -1.98. The van der Waals surface area contributed by atoms with Crippen LogP contribution in [0.25, 0.3) is 0 Å². The summed E-state index contributed by atoms with van der Waals surface area (Å²) in [6, 6.07) is 16.0. The first-order valence-electron chi connectivity index (χ1n) is 5.84. The third kappa shape index (κ3) is 4.74. The summed E-state index contributed by atoms with van der Waals surface area (Å²) in [4.78, 5) is 11.3. The van der Waals surface area contributed by atoms with Crippen molar-refractivity contribution in [1.82, 2.24) is 0 Å². The smallest absolute Gasteiger partial charge is 1.00 e. The predicted octanol–water partition coefficient (Wildman–Crippen LogP) is -1.12. The Morgan fingerprint density at radius 3 is 2.20 bits per heavy atom. The fourth-order valence-corrected chi connectivity index (χ4v) is 1.61. The van der Waals surface area contributed by atoms with Gasteiger partial charge in [-0.3, -0.25) is 4.79 Å². The maximum absolute atomic E-state index is 11.3. The zero-order chi connectivity index (χ0) is 13.7. The summed E-state index contributed by atoms with van der Waals surface area (Å²) in [5, 5.41) is 17.5. The fraction of sp³-hybridized carbons (Fsp3) is 0.133. The molecule has 2 aromatic rings. The van der Waals surface area contributed by atoms with E-state index in [1.165, 1.54) is 12.1 Å². The molecule has 2 rings (SSSR count). The number of carbonyl (C=O) groups excluding carboxylic acids is 1. The van der Waals surface area contributed by atoms with E-state index in [1.54, 1.807) is 12.1 Å². The first-order chi connectivity index (χ1) is 9.16. The van der Waals surface area contributed by atoms with Gasteiger partial charge in [0.25, 0.3) is 0 Å². The second-order valence-corrected chi connectivity index (χ2v) is 4.04. The zero-order valence-electron chi connectivity index (χ0n) is 12.2. The SMILES string of the molecule is O=C(c1ccc(OCc2ccccc2)cc1)C(O)O.[H-].[Na+]. The van der Waals surface area contributed by atoms with Gasteiger partial charge < -0.3 is 16.4 Å². The molecule has 2 N–H and O–H groups in total. The molecule has 0 radical (unpaired) electrons. The number of ether oxygens (including phenoxy) is 1. The molecule has 2 aromatic carbocycles. The normalized spacial score (nSPS) is 9.95. The molecule has 100 valence electrons. The molecule has 0 fully saturated rings. The van der Waals surface area contributed by atoms with Crippen LogP contribution in [0.3, 0.4) is 0 Å². The van der Waals surface area contributed by atoms with Crippen molar-refractivity contribution in [3.63, 3.8) is 0 Å². The molecule has 0 amide bonds. The van der Waals surface area contributed by atoms with Crippen LogP contribution in [0.2, 0.25) is 0 Å². The van der Waals surface area contributed by atoms with Crippen molar-refractivity contribution in [1.29, 1.82) is 0 Å². The first kappa shape index (κ1) is 16.9. The molecule has 0 aliphatic carbocycles. The Kier molecular flexibility index (Phi) is 6.91. The summed E-state index contributed by atoms with van der Waals surface area (Å²) < 4.78 is 5.55. The Hall–Kier alpha value is -1.17. The van der Waals surface area contributed by atoms with Gasteiger partial charge in [0.1, 0.15) is 12.4 Å². The molecule has 0 saturated carbocycles. The van der Waals surface area contributed by atoms with Crippen molar-refractivity contribution in [2.24, 2.45) is 0 Å². The molecule has 0 heterocycles. The summed E-state index contributed by atoms with van der Waals surface area (Å²) in [7, 11) is 0. The zero-order valence-corrected chi connectivity index (χ0v) is 13.2. The minimum absolute atomic E-state index is 0. The van der Waals surface area contributed by atoms with Crippen molar-refractivity contribution >= 4 is 5.78 Å². The van der Waals surface area contributed by atoms with Crippen LogP contribution in [-0.2, 0) is 6.61 Å². The molecule has 0 unspecified atom stereocenters. The van der Waals surface area contributed by atoms with Crippen LogP contribution in [0.1, 0.15) is 17.3 Å². The van der Waals surface area contributed by atoms with E-state index in [9.17, 15) is 4.79 Å². The van der Waals surface area contributed by atoms with Gasteiger partial charge in [-0.05, 0) is 29.8 Å². The Morgan fingerprint density at radius 2 is 1.65 bits per heavy atom. The minimum Gasteiger partial charge on any atom is -1.00 e. The Labute approximate surface area is 140 Å². The molecule has 4 nitrogen and oxygen atoms in total. The number of aliphatic hydroxyl groups is 2. The number of rotatable bonds is 5. The third-order valence-electron chi connectivity index (χ3n) is 2.62. The molecule has 0 aliphatic heterocycles. The van der Waals surface area contributed by atoms with E-state index < -0.39 is 12.1 Å². The van der Waals surface area contributed by atoms with Crippen molar-refractivity contribution in [2.75, 3.05) is 0 Å². The van der Waals surface area contributed by atoms with Gasteiger partial charge in [-0.1, -0.05) is 30.3 Å². The number of ketones is 1. The molecular formula is C15H15NaO4. The third-order valence-corrected chi connectivity index (χ3v) is 2.62. The molecule has 20 heavy (non-hydrogen) atoms. The second kappa shape index (κ2) is 8.19. The number of carbonyl (C=O) groups is 1. The van der Waals surface area contributed by atoms with Crippen molar-refractivity contribution in [2.45, 2.75) is 12.9 Å². The molecule has 0 saturated heterocycles.